The highest BCUT2D eigenvalue weighted by Gasteiger charge is 2.81. The summed E-state index contributed by atoms with van der Waals surface area (Å²) in [6, 6.07) is 0. The van der Waals surface area contributed by atoms with Gasteiger partial charge >= 0.3 is 6.09 Å². The first-order valence-corrected chi connectivity index (χ1v) is 13.4. The second-order valence-electron chi connectivity index (χ2n) is 10.8. The third-order valence-corrected chi connectivity index (χ3v) is 7.84. The molecular weight excluding hydrogens is 536 g/mol. The number of aliphatic hydroxyl groups is 1. The van der Waals surface area contributed by atoms with Gasteiger partial charge in [0.25, 0.3) is 11.7 Å². The van der Waals surface area contributed by atoms with Crippen molar-refractivity contribution < 1.29 is 48.0 Å². The number of ether oxygens (including phenoxy) is 5. The topological polar surface area (TPSA) is 176 Å². The third kappa shape index (κ3) is 6.36. The van der Waals surface area contributed by atoms with Crippen LogP contribution >= 0.6 is 0 Å². The van der Waals surface area contributed by atoms with Gasteiger partial charge in [-0.2, -0.15) is 0 Å². The molecular formula is C29H40N2O10. The summed E-state index contributed by atoms with van der Waals surface area (Å²) in [6.07, 6.45) is 3.37. The van der Waals surface area contributed by atoms with Crippen molar-refractivity contribution in [3.05, 3.63) is 47.2 Å². The molecule has 0 aromatic carbocycles. The molecule has 226 valence electrons. The van der Waals surface area contributed by atoms with Crippen LogP contribution in [0.1, 0.15) is 40.5 Å². The van der Waals surface area contributed by atoms with Crippen LogP contribution in [0.25, 0.3) is 0 Å². The van der Waals surface area contributed by atoms with Crippen LogP contribution in [0.4, 0.5) is 4.79 Å². The molecule has 3 aliphatic rings. The van der Waals surface area contributed by atoms with E-state index in [4.69, 9.17) is 29.4 Å². The molecule has 12 heteroatoms. The average Bonchev–Trinajstić information content (AvgIpc) is 3.60. The second kappa shape index (κ2) is 12.8. The Labute approximate surface area is 239 Å². The number of methoxy groups -OCH3 is 3. The number of ketones is 2. The first-order chi connectivity index (χ1) is 19.3. The molecule has 0 aromatic heterocycles. The van der Waals surface area contributed by atoms with Gasteiger partial charge in [-0.15, -0.1) is 0 Å². The van der Waals surface area contributed by atoms with E-state index >= 15 is 0 Å². The zero-order valence-corrected chi connectivity index (χ0v) is 24.5. The average molecular weight is 577 g/mol. The normalized spacial score (nSPS) is 40.2. The fraction of sp³-hybridized carbons (Fsp3) is 0.586. The Kier molecular flexibility index (Phi) is 10.1. The summed E-state index contributed by atoms with van der Waals surface area (Å²) in [6.45, 7) is 6.88. The summed E-state index contributed by atoms with van der Waals surface area (Å²) in [5, 5.41) is 13.7. The van der Waals surface area contributed by atoms with Gasteiger partial charge in [0.05, 0.1) is 17.9 Å². The predicted octanol–water partition coefficient (Wildman–Crippen LogP) is 1.62. The molecule has 0 unspecified atom stereocenters. The Morgan fingerprint density at radius 1 is 1.15 bits per heavy atom. The molecule has 1 spiro atoms. The molecule has 41 heavy (non-hydrogen) atoms. The summed E-state index contributed by atoms with van der Waals surface area (Å²) < 4.78 is 27.7. The smallest absolute Gasteiger partial charge is 0.405 e. The Morgan fingerprint density at radius 3 is 2.41 bits per heavy atom. The van der Waals surface area contributed by atoms with Gasteiger partial charge in [0.15, 0.2) is 11.7 Å². The number of primary amides is 1. The van der Waals surface area contributed by atoms with Gasteiger partial charge in [-0.1, -0.05) is 38.2 Å². The van der Waals surface area contributed by atoms with E-state index in [2.05, 4.69) is 5.32 Å². The largest absolute Gasteiger partial charge is 0.439 e. The number of aliphatic hydroxyl groups excluding tert-OH is 1. The highest BCUT2D eigenvalue weighted by atomic mass is 16.8. The second-order valence-corrected chi connectivity index (χ2v) is 10.8. The Hall–Kier alpha value is -3.16. The Balaban J connectivity index is 2.07. The predicted molar refractivity (Wildman–Crippen MR) is 146 cm³/mol. The number of allylic oxidation sites excluding steroid dienone is 2. The van der Waals surface area contributed by atoms with Crippen molar-refractivity contribution in [2.75, 3.05) is 21.3 Å². The van der Waals surface area contributed by atoms with Crippen molar-refractivity contribution in [2.24, 2.45) is 17.6 Å². The molecule has 8 atom stereocenters. The van der Waals surface area contributed by atoms with Crippen LogP contribution in [0.15, 0.2) is 47.2 Å². The monoisotopic (exact) mass is 576 g/mol. The minimum atomic E-state index is -1.77. The number of rotatable bonds is 4. The van der Waals surface area contributed by atoms with Gasteiger partial charge in [-0.25, -0.2) is 4.79 Å². The lowest BCUT2D eigenvalue weighted by molar-refractivity contribution is -0.137. The minimum Gasteiger partial charge on any atom is -0.439 e. The van der Waals surface area contributed by atoms with Gasteiger partial charge in [-0.05, 0) is 38.2 Å². The van der Waals surface area contributed by atoms with Crippen LogP contribution in [0, 0.1) is 11.8 Å². The number of hydrogen-bond acceptors (Lipinski definition) is 10. The molecule has 0 radical (unpaired) electrons. The lowest BCUT2D eigenvalue weighted by Crippen LogP contribution is -2.49. The SMILES string of the molecule is CO[C@H]1/C=C\C=C(/C)C(=O)NC2=CC(=O)[C@@]3(OC)O[C@@]3(C[C@@H](C)C[C@H](OC)[C@H](O)[C@@H](C)/C=C(\C)[C@@H]1OC(N)=O)C2=O. The molecule has 12 nitrogen and oxygen atoms in total. The number of carbonyl (C=O) groups is 4. The highest BCUT2D eigenvalue weighted by Crippen LogP contribution is 2.57. The summed E-state index contributed by atoms with van der Waals surface area (Å²) >= 11 is 0. The van der Waals surface area contributed by atoms with E-state index in [-0.39, 0.29) is 23.6 Å². The number of amides is 2. The third-order valence-electron chi connectivity index (χ3n) is 7.84. The Morgan fingerprint density at radius 2 is 1.83 bits per heavy atom. The van der Waals surface area contributed by atoms with E-state index in [1.165, 1.54) is 40.4 Å². The van der Waals surface area contributed by atoms with Gasteiger partial charge in [0.2, 0.25) is 11.6 Å². The van der Waals surface area contributed by atoms with E-state index in [9.17, 15) is 24.3 Å². The number of nitrogens with one attached hydrogen (secondary N) is 1. The molecule has 1 aliphatic carbocycles. The van der Waals surface area contributed by atoms with Crippen molar-refractivity contribution >= 4 is 23.6 Å². The maximum Gasteiger partial charge on any atom is 0.405 e. The molecule has 2 amide bonds. The molecule has 1 fully saturated rings. The maximum atomic E-state index is 13.6. The molecule has 2 aliphatic heterocycles. The van der Waals surface area contributed by atoms with Crippen LogP contribution in [0.3, 0.4) is 0 Å². The quantitative estimate of drug-likeness (QED) is 0.329. The molecule has 0 aromatic rings. The van der Waals surface area contributed by atoms with Crippen LogP contribution < -0.4 is 11.1 Å². The first-order valence-electron chi connectivity index (χ1n) is 13.4. The van der Waals surface area contributed by atoms with Crippen molar-refractivity contribution in [3.63, 3.8) is 0 Å². The van der Waals surface area contributed by atoms with Crippen LogP contribution in [-0.2, 0) is 38.1 Å². The van der Waals surface area contributed by atoms with E-state index in [1.54, 1.807) is 26.0 Å². The summed E-state index contributed by atoms with van der Waals surface area (Å²) in [5.41, 5.74) is 4.30. The minimum absolute atomic E-state index is 0.0794. The first kappa shape index (κ1) is 32.4. The van der Waals surface area contributed by atoms with Gasteiger partial charge < -0.3 is 39.8 Å². The van der Waals surface area contributed by atoms with E-state index in [0.29, 0.717) is 12.0 Å². The Bertz CT molecular complexity index is 1190. The van der Waals surface area contributed by atoms with Crippen molar-refractivity contribution in [1.82, 2.24) is 5.32 Å². The van der Waals surface area contributed by atoms with Crippen molar-refractivity contribution in [2.45, 2.75) is 76.3 Å². The van der Waals surface area contributed by atoms with Crippen LogP contribution in [0.5, 0.6) is 0 Å². The number of nitrogens with two attached hydrogens (primary N) is 1. The number of carbonyl (C=O) groups excluding carboxylic acids is 4. The zero-order valence-electron chi connectivity index (χ0n) is 24.5. The molecule has 2 heterocycles. The number of hydrogen-bond donors (Lipinski definition) is 3. The molecule has 2 bridgehead atoms. The van der Waals surface area contributed by atoms with Gasteiger partial charge in [-0.3, -0.25) is 14.4 Å². The zero-order chi connectivity index (χ0) is 30.7. The molecule has 3 rings (SSSR count). The van der Waals surface area contributed by atoms with E-state index < -0.39 is 65.3 Å². The van der Waals surface area contributed by atoms with E-state index in [1.807, 2.05) is 6.92 Å². The summed E-state index contributed by atoms with van der Waals surface area (Å²) in [4.78, 5) is 51.3. The lowest BCUT2D eigenvalue weighted by atomic mass is 9.78. The van der Waals surface area contributed by atoms with Gasteiger partial charge in [0, 0.05) is 38.9 Å². The fourth-order valence-electron chi connectivity index (χ4n) is 5.59. The lowest BCUT2D eigenvalue weighted by Gasteiger charge is -2.30. The molecule has 4 N–H and O–H groups in total. The van der Waals surface area contributed by atoms with Crippen LogP contribution in [-0.4, -0.2) is 85.8 Å². The standard InChI is InChI=1S/C29H40N2O10/c1-15-11-21(38-6)23(33)17(3)12-18(4)24(40-27(30)36)20(37-5)10-8-9-16(2)26(35)31-19-13-22(32)29(39-7)28(14-15,41-29)25(19)34/h8-10,12-13,15,17,20-21,23-24,33H,11,14H2,1-7H3,(H2,30,36)(H,31,35)/b10-8-,16-9+,18-12+/t15-,17-,20-,21-,23+,24-,28-,29+/m0/s1. The summed E-state index contributed by atoms with van der Waals surface area (Å²) in [7, 11) is 4.18. The fourth-order valence-corrected chi connectivity index (χ4v) is 5.59. The number of Topliss-reactive ketones (excluding diaryl/α,β-unsaturated/α-hetero) is 1. The number of epoxide rings is 1. The molecule has 0 saturated carbocycles. The summed E-state index contributed by atoms with van der Waals surface area (Å²) in [5.74, 6) is -4.28. The maximum absolute atomic E-state index is 13.6. The van der Waals surface area contributed by atoms with Crippen LogP contribution in [0.2, 0.25) is 0 Å². The van der Waals surface area contributed by atoms with Crippen molar-refractivity contribution in [1.29, 1.82) is 0 Å². The number of fused-ring (bicyclic) bond motifs is 1. The molecule has 1 saturated heterocycles. The highest BCUT2D eigenvalue weighted by molar-refractivity contribution is 6.21. The van der Waals surface area contributed by atoms with Gasteiger partial charge in [0.1, 0.15) is 6.10 Å². The van der Waals surface area contributed by atoms with Crippen molar-refractivity contribution in [3.8, 4) is 0 Å². The van der Waals surface area contributed by atoms with E-state index in [0.717, 1.165) is 6.08 Å².